The van der Waals surface area contributed by atoms with Crippen LogP contribution in [0.2, 0.25) is 0 Å². The Bertz CT molecular complexity index is 230. The predicted octanol–water partition coefficient (Wildman–Crippen LogP) is 1.13. The Morgan fingerprint density at radius 1 is 1.00 bits per heavy atom. The molecule has 122 valence electrons. The summed E-state index contributed by atoms with van der Waals surface area (Å²) in [7, 11) is 0. The van der Waals surface area contributed by atoms with E-state index < -0.39 is 6.10 Å². The van der Waals surface area contributed by atoms with Crippen LogP contribution in [0, 0.1) is 0 Å². The Balaban J connectivity index is 0. The van der Waals surface area contributed by atoms with Crippen LogP contribution in [0.3, 0.4) is 0 Å². The number of esters is 1. The number of carbonyl (C=O) groups excluding carboxylic acids is 1. The van der Waals surface area contributed by atoms with Crippen molar-refractivity contribution in [3.05, 3.63) is 0 Å². The van der Waals surface area contributed by atoms with Crippen molar-refractivity contribution in [2.75, 3.05) is 19.8 Å². The van der Waals surface area contributed by atoms with Crippen LogP contribution in [0.25, 0.3) is 0 Å². The monoisotopic (exact) mass is 294 g/mol. The molecule has 0 fully saturated rings. The van der Waals surface area contributed by atoms with Gasteiger partial charge in [-0.3, -0.25) is 4.79 Å². The summed E-state index contributed by atoms with van der Waals surface area (Å²) in [4.78, 5) is 10.0. The fourth-order valence-electron chi connectivity index (χ4n) is 1.04. The standard InChI is InChI=1S/C9H20O4.C5H10O2/c1-7(11)5-12-9(3)6-13-8(2)4-10;1-4(2)7-5(3)6/h7-11H,4-6H2,1-3H3;4H,1-3H3. The van der Waals surface area contributed by atoms with Crippen LogP contribution in [0.5, 0.6) is 0 Å². The molecule has 0 aromatic rings. The quantitative estimate of drug-likeness (QED) is 0.653. The molecule has 0 heterocycles. The zero-order valence-corrected chi connectivity index (χ0v) is 13.5. The maximum Gasteiger partial charge on any atom is 0.302 e. The van der Waals surface area contributed by atoms with Crippen molar-refractivity contribution < 1.29 is 29.2 Å². The van der Waals surface area contributed by atoms with E-state index in [4.69, 9.17) is 19.7 Å². The summed E-state index contributed by atoms with van der Waals surface area (Å²) in [6.07, 6.45) is -0.628. The molecule has 0 amide bonds. The minimum atomic E-state index is -0.447. The molecule has 0 radical (unpaired) electrons. The van der Waals surface area contributed by atoms with E-state index >= 15 is 0 Å². The number of hydrogen-bond acceptors (Lipinski definition) is 6. The lowest BCUT2D eigenvalue weighted by molar-refractivity contribution is -0.144. The van der Waals surface area contributed by atoms with Crippen molar-refractivity contribution >= 4 is 5.97 Å². The summed E-state index contributed by atoms with van der Waals surface area (Å²) in [6.45, 7) is 11.1. The lowest BCUT2D eigenvalue weighted by atomic mass is 10.4. The molecule has 3 unspecified atom stereocenters. The number of aliphatic hydroxyl groups is 2. The highest BCUT2D eigenvalue weighted by Crippen LogP contribution is 1.97. The molecule has 0 rings (SSSR count). The third-order valence-electron chi connectivity index (χ3n) is 1.90. The van der Waals surface area contributed by atoms with Gasteiger partial charge in [0.15, 0.2) is 0 Å². The lowest BCUT2D eigenvalue weighted by Gasteiger charge is -2.16. The molecule has 0 aliphatic carbocycles. The molecule has 0 bridgehead atoms. The smallest absolute Gasteiger partial charge is 0.302 e. The summed E-state index contributed by atoms with van der Waals surface area (Å²) in [5, 5.41) is 17.6. The number of aliphatic hydroxyl groups excluding tert-OH is 2. The van der Waals surface area contributed by atoms with Gasteiger partial charge in [0.2, 0.25) is 0 Å². The van der Waals surface area contributed by atoms with Crippen molar-refractivity contribution in [1.29, 1.82) is 0 Å². The second-order valence-electron chi connectivity index (χ2n) is 4.98. The van der Waals surface area contributed by atoms with Crippen LogP contribution < -0.4 is 0 Å². The maximum absolute atomic E-state index is 10.0. The van der Waals surface area contributed by atoms with Gasteiger partial charge in [-0.1, -0.05) is 0 Å². The first-order valence-electron chi connectivity index (χ1n) is 6.88. The Kier molecular flexibility index (Phi) is 14.4. The van der Waals surface area contributed by atoms with Crippen molar-refractivity contribution in [2.45, 2.75) is 66.0 Å². The molecule has 0 aliphatic rings. The summed E-state index contributed by atoms with van der Waals surface area (Å²) >= 11 is 0. The molecular formula is C14H30O6. The molecular weight excluding hydrogens is 264 g/mol. The Morgan fingerprint density at radius 2 is 1.50 bits per heavy atom. The minimum Gasteiger partial charge on any atom is -0.463 e. The van der Waals surface area contributed by atoms with Gasteiger partial charge in [0.25, 0.3) is 0 Å². The summed E-state index contributed by atoms with van der Waals surface area (Å²) < 4.78 is 15.1. The SMILES string of the molecule is CC(=O)OC(C)C.CC(O)COC(C)COC(C)CO. The van der Waals surface area contributed by atoms with Gasteiger partial charge >= 0.3 is 5.97 Å². The zero-order chi connectivity index (χ0) is 16.1. The van der Waals surface area contributed by atoms with Crippen LogP contribution in [-0.2, 0) is 19.0 Å². The largest absolute Gasteiger partial charge is 0.463 e. The normalized spacial score (nSPS) is 15.1. The van der Waals surface area contributed by atoms with Crippen molar-refractivity contribution in [1.82, 2.24) is 0 Å². The molecule has 0 saturated carbocycles. The second kappa shape index (κ2) is 13.3. The first-order valence-corrected chi connectivity index (χ1v) is 6.88. The van der Waals surface area contributed by atoms with Gasteiger partial charge in [-0.2, -0.15) is 0 Å². The minimum absolute atomic E-state index is 0.0170. The van der Waals surface area contributed by atoms with Crippen LogP contribution in [0.4, 0.5) is 0 Å². The van der Waals surface area contributed by atoms with E-state index in [9.17, 15) is 4.79 Å². The van der Waals surface area contributed by atoms with Gasteiger partial charge in [-0.05, 0) is 34.6 Å². The summed E-state index contributed by atoms with van der Waals surface area (Å²) in [6, 6.07) is 0. The molecule has 20 heavy (non-hydrogen) atoms. The first kappa shape index (κ1) is 21.6. The van der Waals surface area contributed by atoms with Crippen molar-refractivity contribution in [3.8, 4) is 0 Å². The fourth-order valence-corrected chi connectivity index (χ4v) is 1.04. The van der Waals surface area contributed by atoms with Crippen LogP contribution in [0.1, 0.15) is 41.5 Å². The lowest BCUT2D eigenvalue weighted by Crippen LogP contribution is -2.24. The second-order valence-corrected chi connectivity index (χ2v) is 4.98. The highest BCUT2D eigenvalue weighted by molar-refractivity contribution is 5.66. The molecule has 6 nitrogen and oxygen atoms in total. The van der Waals surface area contributed by atoms with E-state index in [2.05, 4.69) is 4.74 Å². The van der Waals surface area contributed by atoms with Crippen LogP contribution in [-0.4, -0.2) is 60.4 Å². The van der Waals surface area contributed by atoms with E-state index in [1.54, 1.807) is 13.8 Å². The zero-order valence-electron chi connectivity index (χ0n) is 13.5. The van der Waals surface area contributed by atoms with Crippen molar-refractivity contribution in [3.63, 3.8) is 0 Å². The number of ether oxygens (including phenoxy) is 3. The van der Waals surface area contributed by atoms with Gasteiger partial charge in [0.05, 0.1) is 44.2 Å². The van der Waals surface area contributed by atoms with Gasteiger partial charge in [-0.15, -0.1) is 0 Å². The predicted molar refractivity (Wildman–Crippen MR) is 76.5 cm³/mol. The van der Waals surface area contributed by atoms with Crippen molar-refractivity contribution in [2.24, 2.45) is 0 Å². The van der Waals surface area contributed by atoms with E-state index in [0.29, 0.717) is 13.2 Å². The molecule has 2 N–H and O–H groups in total. The number of hydrogen-bond donors (Lipinski definition) is 2. The fraction of sp³-hybridized carbons (Fsp3) is 0.929. The molecule has 3 atom stereocenters. The first-order chi connectivity index (χ1) is 9.18. The summed E-state index contributed by atoms with van der Waals surface area (Å²) in [5.41, 5.74) is 0. The van der Waals surface area contributed by atoms with Gasteiger partial charge in [-0.25, -0.2) is 0 Å². The number of rotatable bonds is 8. The van der Waals surface area contributed by atoms with Crippen LogP contribution >= 0.6 is 0 Å². The van der Waals surface area contributed by atoms with Gasteiger partial charge in [0.1, 0.15) is 0 Å². The number of carbonyl (C=O) groups is 1. The molecule has 6 heteroatoms. The van der Waals surface area contributed by atoms with Gasteiger partial charge in [0, 0.05) is 6.92 Å². The topological polar surface area (TPSA) is 85.2 Å². The Hall–Kier alpha value is -0.690. The Morgan fingerprint density at radius 3 is 1.80 bits per heavy atom. The van der Waals surface area contributed by atoms with E-state index in [1.165, 1.54) is 6.92 Å². The Labute approximate surface area is 122 Å². The molecule has 0 saturated heterocycles. The molecule has 0 spiro atoms. The average molecular weight is 294 g/mol. The maximum atomic E-state index is 10.0. The molecule has 0 aromatic carbocycles. The van der Waals surface area contributed by atoms with E-state index in [1.807, 2.05) is 20.8 Å². The molecule has 0 aromatic heterocycles. The van der Waals surface area contributed by atoms with Gasteiger partial charge < -0.3 is 24.4 Å². The van der Waals surface area contributed by atoms with Crippen LogP contribution in [0.15, 0.2) is 0 Å². The third-order valence-corrected chi connectivity index (χ3v) is 1.90. The van der Waals surface area contributed by atoms with E-state index in [0.717, 1.165) is 0 Å². The highest BCUT2D eigenvalue weighted by Gasteiger charge is 2.07. The highest BCUT2D eigenvalue weighted by atomic mass is 16.5. The third kappa shape index (κ3) is 19.6. The van der Waals surface area contributed by atoms with E-state index in [-0.39, 0.29) is 30.9 Å². The summed E-state index contributed by atoms with van der Waals surface area (Å²) in [5.74, 6) is -0.213. The molecule has 0 aliphatic heterocycles. The average Bonchev–Trinajstić information content (AvgIpc) is 2.32.